The van der Waals surface area contributed by atoms with Crippen molar-refractivity contribution >= 4 is 21.9 Å². The predicted molar refractivity (Wildman–Crippen MR) is 96.5 cm³/mol. The van der Waals surface area contributed by atoms with Crippen molar-refractivity contribution in [3.63, 3.8) is 0 Å². The highest BCUT2D eigenvalue weighted by Crippen LogP contribution is 2.37. The van der Waals surface area contributed by atoms with E-state index in [0.717, 1.165) is 0 Å². The number of carbonyl (C=O) groups is 1. The van der Waals surface area contributed by atoms with Gasteiger partial charge in [0.1, 0.15) is 16.0 Å². The summed E-state index contributed by atoms with van der Waals surface area (Å²) < 4.78 is 39.4. The highest BCUT2D eigenvalue weighted by atomic mass is 79.9. The molecule has 0 fully saturated rings. The first-order chi connectivity index (χ1) is 13.0. The molecule has 2 heterocycles. The van der Waals surface area contributed by atoms with E-state index in [4.69, 9.17) is 9.47 Å². The molecule has 6 nitrogen and oxygen atoms in total. The van der Waals surface area contributed by atoms with Gasteiger partial charge in [-0.3, -0.25) is 0 Å². The minimum Gasteiger partial charge on any atom is -0.464 e. The minimum absolute atomic E-state index is 0.0608. The first-order valence-corrected chi connectivity index (χ1v) is 8.74. The highest BCUT2D eigenvalue weighted by Gasteiger charge is 2.22. The number of para-hydroxylation sites is 1. The number of esters is 1. The summed E-state index contributed by atoms with van der Waals surface area (Å²) in [5.74, 6) is -1.66. The largest absolute Gasteiger partial charge is 0.464 e. The molecule has 3 aromatic rings. The number of nitrogens with zero attached hydrogens (tertiary/aromatic N) is 3. The van der Waals surface area contributed by atoms with Gasteiger partial charge in [-0.1, -0.05) is 12.1 Å². The molecule has 3 rings (SSSR count). The number of carbonyl (C=O) groups excluding carboxylic acids is 1. The molecule has 0 atom stereocenters. The Hall–Kier alpha value is -2.81. The summed E-state index contributed by atoms with van der Waals surface area (Å²) in [5, 5.41) is 4.25. The van der Waals surface area contributed by atoms with Crippen LogP contribution in [0.25, 0.3) is 16.9 Å². The molecule has 1 aromatic carbocycles. The van der Waals surface area contributed by atoms with Gasteiger partial charge in [-0.05, 0) is 47.1 Å². The van der Waals surface area contributed by atoms with Crippen molar-refractivity contribution in [2.24, 2.45) is 0 Å². The fraction of sp³-hybridized carbons (Fsp3) is 0.167. The second-order valence-corrected chi connectivity index (χ2v) is 6.09. The molecule has 140 valence electrons. The van der Waals surface area contributed by atoms with Crippen molar-refractivity contribution in [3.8, 4) is 22.8 Å². The summed E-state index contributed by atoms with van der Waals surface area (Å²) in [4.78, 5) is 15.2. The summed E-state index contributed by atoms with van der Waals surface area (Å²) in [5.41, 5.74) is 1.03. The van der Waals surface area contributed by atoms with Gasteiger partial charge in [0.2, 0.25) is 11.8 Å². The number of benzene rings is 1. The Balaban J connectivity index is 2.07. The van der Waals surface area contributed by atoms with Crippen LogP contribution >= 0.6 is 15.9 Å². The van der Waals surface area contributed by atoms with Crippen molar-refractivity contribution in [3.05, 3.63) is 58.8 Å². The lowest BCUT2D eigenvalue weighted by atomic mass is 10.2. The molecule has 0 saturated heterocycles. The Labute approximate surface area is 161 Å². The quantitative estimate of drug-likeness (QED) is 0.431. The smallest absolute Gasteiger partial charge is 0.344 e. The monoisotopic (exact) mass is 437 g/mol. The molecule has 0 unspecified atom stereocenters. The van der Waals surface area contributed by atoms with Crippen molar-refractivity contribution in [1.82, 2.24) is 14.8 Å². The van der Waals surface area contributed by atoms with E-state index in [2.05, 4.69) is 26.0 Å². The van der Waals surface area contributed by atoms with Crippen LogP contribution in [0.15, 0.2) is 47.1 Å². The Morgan fingerprint density at radius 1 is 1.22 bits per heavy atom. The molecular formula is C18H14BrF2N3O3. The Morgan fingerprint density at radius 2 is 2.00 bits per heavy atom. The first kappa shape index (κ1) is 19.0. The average Bonchev–Trinajstić information content (AvgIpc) is 2.98. The van der Waals surface area contributed by atoms with E-state index in [1.54, 1.807) is 19.1 Å². The summed E-state index contributed by atoms with van der Waals surface area (Å²) in [6.07, 6.45) is 1.30. The molecule has 0 aliphatic rings. The first-order valence-electron chi connectivity index (χ1n) is 7.95. The number of ether oxygens (including phenoxy) is 2. The number of aromatic nitrogens is 3. The van der Waals surface area contributed by atoms with Crippen LogP contribution in [-0.2, 0) is 9.53 Å². The van der Waals surface area contributed by atoms with Crippen molar-refractivity contribution in [2.75, 3.05) is 13.2 Å². The minimum atomic E-state index is -0.648. The van der Waals surface area contributed by atoms with E-state index in [-0.39, 0.29) is 24.8 Å². The van der Waals surface area contributed by atoms with Gasteiger partial charge in [-0.25, -0.2) is 18.9 Å². The van der Waals surface area contributed by atoms with Crippen LogP contribution in [0, 0.1) is 11.8 Å². The molecule has 0 amide bonds. The molecule has 0 spiro atoms. The fourth-order valence-corrected chi connectivity index (χ4v) is 2.95. The van der Waals surface area contributed by atoms with Crippen LogP contribution in [0.4, 0.5) is 8.78 Å². The van der Waals surface area contributed by atoms with Crippen LogP contribution in [0.5, 0.6) is 5.88 Å². The Kier molecular flexibility index (Phi) is 5.80. The topological polar surface area (TPSA) is 66.2 Å². The highest BCUT2D eigenvalue weighted by molar-refractivity contribution is 9.10. The van der Waals surface area contributed by atoms with Crippen molar-refractivity contribution in [1.29, 1.82) is 0 Å². The second kappa shape index (κ2) is 8.26. The lowest BCUT2D eigenvalue weighted by molar-refractivity contribution is -0.145. The van der Waals surface area contributed by atoms with Gasteiger partial charge in [0.05, 0.1) is 12.3 Å². The zero-order valence-electron chi connectivity index (χ0n) is 14.2. The second-order valence-electron chi connectivity index (χ2n) is 5.29. The normalized spacial score (nSPS) is 10.7. The third-order valence-electron chi connectivity index (χ3n) is 3.51. The van der Waals surface area contributed by atoms with E-state index in [0.29, 0.717) is 15.7 Å². The van der Waals surface area contributed by atoms with Crippen LogP contribution in [0.1, 0.15) is 6.92 Å². The molecule has 0 aliphatic heterocycles. The van der Waals surface area contributed by atoms with Gasteiger partial charge in [-0.2, -0.15) is 4.39 Å². The van der Waals surface area contributed by atoms with Crippen LogP contribution in [0.3, 0.4) is 0 Å². The number of halogens is 3. The number of rotatable bonds is 6. The van der Waals surface area contributed by atoms with Crippen molar-refractivity contribution in [2.45, 2.75) is 6.92 Å². The Bertz CT molecular complexity index is 961. The predicted octanol–water partition coefficient (Wildman–Crippen LogP) is 3.92. The van der Waals surface area contributed by atoms with E-state index in [1.807, 2.05) is 0 Å². The zero-order chi connectivity index (χ0) is 19.4. The lowest BCUT2D eigenvalue weighted by Gasteiger charge is -2.08. The third kappa shape index (κ3) is 4.13. The third-order valence-corrected chi connectivity index (χ3v) is 4.23. The molecule has 9 heteroatoms. The molecule has 0 radical (unpaired) electrons. The summed E-state index contributed by atoms with van der Waals surface area (Å²) in [6, 6.07) is 8.69. The molecule has 0 aliphatic carbocycles. The fourth-order valence-electron chi connectivity index (χ4n) is 2.36. The molecule has 27 heavy (non-hydrogen) atoms. The zero-order valence-corrected chi connectivity index (χ0v) is 15.7. The molecule has 0 saturated carbocycles. The van der Waals surface area contributed by atoms with E-state index >= 15 is 0 Å². The Morgan fingerprint density at radius 3 is 2.67 bits per heavy atom. The van der Waals surface area contributed by atoms with Gasteiger partial charge in [0, 0.05) is 11.8 Å². The standard InChI is InChI=1S/C18H14BrF2N3O3/c1-2-26-15(25)10-27-18-16(19)17(11-7-8-14(21)22-9-11)24(23-18)13-6-4-3-5-12(13)20/h3-9H,2,10H2,1H3. The maximum atomic E-state index is 14.3. The number of hydrogen-bond acceptors (Lipinski definition) is 5. The van der Waals surface area contributed by atoms with Gasteiger partial charge in [0.15, 0.2) is 6.61 Å². The van der Waals surface area contributed by atoms with Gasteiger partial charge >= 0.3 is 5.97 Å². The molecule has 0 N–H and O–H groups in total. The summed E-state index contributed by atoms with van der Waals surface area (Å²) >= 11 is 3.36. The number of hydrogen-bond donors (Lipinski definition) is 0. The molecule has 0 bridgehead atoms. The van der Waals surface area contributed by atoms with Gasteiger partial charge in [0.25, 0.3) is 0 Å². The van der Waals surface area contributed by atoms with Crippen LogP contribution in [0.2, 0.25) is 0 Å². The summed E-state index contributed by atoms with van der Waals surface area (Å²) in [6.45, 7) is 1.54. The molecular weight excluding hydrogens is 424 g/mol. The SMILES string of the molecule is CCOC(=O)COc1nn(-c2ccccc2F)c(-c2ccc(F)nc2)c1Br. The van der Waals surface area contributed by atoms with Crippen LogP contribution in [-0.4, -0.2) is 33.9 Å². The maximum absolute atomic E-state index is 14.3. The van der Waals surface area contributed by atoms with Crippen molar-refractivity contribution < 1.29 is 23.0 Å². The lowest BCUT2D eigenvalue weighted by Crippen LogP contribution is -2.15. The van der Waals surface area contributed by atoms with E-state index < -0.39 is 17.7 Å². The average molecular weight is 438 g/mol. The number of pyridine rings is 1. The van der Waals surface area contributed by atoms with Gasteiger partial charge < -0.3 is 9.47 Å². The van der Waals surface area contributed by atoms with E-state index in [9.17, 15) is 13.6 Å². The van der Waals surface area contributed by atoms with E-state index in [1.165, 1.54) is 35.1 Å². The maximum Gasteiger partial charge on any atom is 0.344 e. The summed E-state index contributed by atoms with van der Waals surface area (Å²) in [7, 11) is 0. The molecule has 2 aromatic heterocycles. The van der Waals surface area contributed by atoms with Crippen LogP contribution < -0.4 is 4.74 Å². The van der Waals surface area contributed by atoms with Gasteiger partial charge in [-0.15, -0.1) is 5.10 Å².